The third kappa shape index (κ3) is 3.69. The van der Waals surface area contributed by atoms with Crippen LogP contribution in [0.5, 0.6) is 0 Å². The summed E-state index contributed by atoms with van der Waals surface area (Å²) in [6.45, 7) is 8.17. The van der Waals surface area contributed by atoms with Crippen molar-refractivity contribution < 1.29 is 14.0 Å². The van der Waals surface area contributed by atoms with Gasteiger partial charge in [0.05, 0.1) is 5.56 Å². The van der Waals surface area contributed by atoms with Gasteiger partial charge in [-0.3, -0.25) is 14.5 Å². The van der Waals surface area contributed by atoms with E-state index in [4.69, 9.17) is 4.42 Å². The molecule has 1 aromatic carbocycles. The highest BCUT2D eigenvalue weighted by Gasteiger charge is 2.27. The molecule has 0 spiro atoms. The van der Waals surface area contributed by atoms with Gasteiger partial charge in [-0.25, -0.2) is 0 Å². The Bertz CT molecular complexity index is 881. The highest BCUT2D eigenvalue weighted by molar-refractivity contribution is 5.96. The molecule has 4 rings (SSSR count). The maximum Gasteiger partial charge on any atom is 0.257 e. The van der Waals surface area contributed by atoms with Crippen LogP contribution in [0.15, 0.2) is 34.7 Å². The topological polar surface area (TPSA) is 57.0 Å². The molecule has 2 aromatic rings. The Morgan fingerprint density at radius 3 is 2.50 bits per heavy atom. The summed E-state index contributed by atoms with van der Waals surface area (Å²) in [7, 11) is 0. The molecule has 0 aliphatic carbocycles. The molecule has 1 saturated heterocycles. The molecule has 2 aliphatic rings. The maximum absolute atomic E-state index is 12.7. The number of rotatable bonds is 4. The van der Waals surface area contributed by atoms with Crippen LogP contribution in [-0.4, -0.2) is 60.9 Å². The highest BCUT2D eigenvalue weighted by Crippen LogP contribution is 2.28. The maximum atomic E-state index is 12.7. The van der Waals surface area contributed by atoms with Gasteiger partial charge in [-0.1, -0.05) is 18.2 Å². The number of carbonyl (C=O) groups excluding carboxylic acids is 2. The number of piperazine rings is 1. The molecule has 6 heteroatoms. The van der Waals surface area contributed by atoms with Crippen molar-refractivity contribution in [2.75, 3.05) is 44.2 Å². The number of anilines is 1. The van der Waals surface area contributed by atoms with Crippen LogP contribution in [0.4, 0.5) is 5.69 Å². The fourth-order valence-electron chi connectivity index (χ4n) is 4.17. The molecule has 0 radical (unpaired) electrons. The molecule has 0 atom stereocenters. The van der Waals surface area contributed by atoms with Crippen molar-refractivity contribution in [1.82, 2.24) is 9.80 Å². The average Bonchev–Trinajstić information content (AvgIpc) is 3.28. The number of hydrogen-bond acceptors (Lipinski definition) is 4. The van der Waals surface area contributed by atoms with Crippen LogP contribution in [0.1, 0.15) is 33.9 Å². The van der Waals surface area contributed by atoms with E-state index >= 15 is 0 Å². The zero-order valence-corrected chi connectivity index (χ0v) is 16.6. The molecule has 0 unspecified atom stereocenters. The van der Waals surface area contributed by atoms with E-state index in [-0.39, 0.29) is 11.8 Å². The van der Waals surface area contributed by atoms with Crippen LogP contribution in [-0.2, 0) is 11.2 Å². The third-order valence-electron chi connectivity index (χ3n) is 5.76. The summed E-state index contributed by atoms with van der Waals surface area (Å²) in [4.78, 5) is 31.4. The molecule has 2 aliphatic heterocycles. The Morgan fingerprint density at radius 1 is 1.04 bits per heavy atom. The largest absolute Gasteiger partial charge is 0.466 e. The molecular formula is C22H27N3O3. The quantitative estimate of drug-likeness (QED) is 0.817. The van der Waals surface area contributed by atoms with E-state index in [0.717, 1.165) is 44.0 Å². The number of amides is 2. The third-order valence-corrected chi connectivity index (χ3v) is 5.76. The fourth-order valence-corrected chi connectivity index (χ4v) is 4.17. The van der Waals surface area contributed by atoms with Crippen molar-refractivity contribution in [3.63, 3.8) is 0 Å². The summed E-state index contributed by atoms with van der Waals surface area (Å²) in [5.41, 5.74) is 2.98. The van der Waals surface area contributed by atoms with Gasteiger partial charge in [-0.05, 0) is 38.0 Å². The van der Waals surface area contributed by atoms with E-state index in [1.807, 2.05) is 47.9 Å². The van der Waals surface area contributed by atoms with Crippen molar-refractivity contribution >= 4 is 17.5 Å². The van der Waals surface area contributed by atoms with Crippen LogP contribution < -0.4 is 4.90 Å². The lowest BCUT2D eigenvalue weighted by Gasteiger charge is -2.34. The van der Waals surface area contributed by atoms with E-state index in [2.05, 4.69) is 11.0 Å². The molecule has 0 saturated carbocycles. The predicted molar refractivity (Wildman–Crippen MR) is 108 cm³/mol. The lowest BCUT2D eigenvalue weighted by atomic mass is 10.2. The Balaban J connectivity index is 1.27. The zero-order chi connectivity index (χ0) is 19.7. The van der Waals surface area contributed by atoms with Gasteiger partial charge in [0.15, 0.2) is 0 Å². The van der Waals surface area contributed by atoms with Crippen molar-refractivity contribution in [3.05, 3.63) is 53.0 Å². The van der Waals surface area contributed by atoms with Crippen molar-refractivity contribution in [1.29, 1.82) is 0 Å². The summed E-state index contributed by atoms with van der Waals surface area (Å²) in [5.74, 6) is 1.68. The number of benzene rings is 1. The first-order valence-electron chi connectivity index (χ1n) is 10.00. The Morgan fingerprint density at radius 2 is 1.79 bits per heavy atom. The SMILES string of the molecule is Cc1cc(C(=O)N2CCN(CCC(=O)N3CCc4ccccc43)CC2)c(C)o1. The molecule has 0 bridgehead atoms. The number of nitrogens with zero attached hydrogens (tertiary/aromatic N) is 3. The van der Waals surface area contributed by atoms with Crippen LogP contribution in [0, 0.1) is 13.8 Å². The Labute approximate surface area is 165 Å². The zero-order valence-electron chi connectivity index (χ0n) is 16.6. The van der Waals surface area contributed by atoms with Gasteiger partial charge in [0.25, 0.3) is 5.91 Å². The van der Waals surface area contributed by atoms with E-state index in [1.54, 1.807) is 0 Å². The number of furan rings is 1. The molecule has 148 valence electrons. The second-order valence-electron chi connectivity index (χ2n) is 7.63. The van der Waals surface area contributed by atoms with Gasteiger partial charge in [-0.2, -0.15) is 0 Å². The molecule has 3 heterocycles. The first-order chi connectivity index (χ1) is 13.5. The van der Waals surface area contributed by atoms with Crippen molar-refractivity contribution in [2.45, 2.75) is 26.7 Å². The number of carbonyl (C=O) groups is 2. The number of hydrogen-bond donors (Lipinski definition) is 0. The first kappa shape index (κ1) is 18.7. The normalized spacial score (nSPS) is 17.1. The first-order valence-corrected chi connectivity index (χ1v) is 10.00. The average molecular weight is 381 g/mol. The van der Waals surface area contributed by atoms with Crippen LogP contribution in [0.2, 0.25) is 0 Å². The van der Waals surface area contributed by atoms with E-state index in [9.17, 15) is 9.59 Å². The van der Waals surface area contributed by atoms with Gasteiger partial charge in [0, 0.05) is 51.4 Å². The van der Waals surface area contributed by atoms with E-state index in [1.165, 1.54) is 5.56 Å². The Hall–Kier alpha value is -2.60. The van der Waals surface area contributed by atoms with Gasteiger partial charge in [0.1, 0.15) is 11.5 Å². The minimum absolute atomic E-state index is 0.0405. The van der Waals surface area contributed by atoms with Crippen LogP contribution >= 0.6 is 0 Å². The van der Waals surface area contributed by atoms with Crippen molar-refractivity contribution in [3.8, 4) is 0 Å². The van der Waals surface area contributed by atoms with Gasteiger partial charge < -0.3 is 14.2 Å². The molecule has 1 aromatic heterocycles. The molecule has 1 fully saturated rings. The summed E-state index contributed by atoms with van der Waals surface area (Å²) in [6.07, 6.45) is 1.46. The molecule has 2 amide bonds. The lowest BCUT2D eigenvalue weighted by molar-refractivity contribution is -0.118. The number of fused-ring (bicyclic) bond motifs is 1. The molecular weight excluding hydrogens is 354 g/mol. The fraction of sp³-hybridized carbons (Fsp3) is 0.455. The minimum atomic E-state index is 0.0405. The predicted octanol–water partition coefficient (Wildman–Crippen LogP) is 2.63. The summed E-state index contributed by atoms with van der Waals surface area (Å²) < 4.78 is 5.49. The van der Waals surface area contributed by atoms with Gasteiger partial charge in [0.2, 0.25) is 5.91 Å². The van der Waals surface area contributed by atoms with Gasteiger partial charge >= 0.3 is 0 Å². The smallest absolute Gasteiger partial charge is 0.257 e. The number of para-hydroxylation sites is 1. The molecule has 0 N–H and O–H groups in total. The number of aryl methyl sites for hydroxylation is 2. The minimum Gasteiger partial charge on any atom is -0.466 e. The lowest BCUT2D eigenvalue weighted by Crippen LogP contribution is -2.49. The highest BCUT2D eigenvalue weighted by atomic mass is 16.3. The van der Waals surface area contributed by atoms with Crippen LogP contribution in [0.3, 0.4) is 0 Å². The standard InChI is InChI=1S/C22H27N3O3/c1-16-15-19(17(2)28-16)22(27)24-13-11-23(12-14-24)9-8-21(26)25-10-7-18-5-3-4-6-20(18)25/h3-6,15H,7-14H2,1-2H3. The summed E-state index contributed by atoms with van der Waals surface area (Å²) in [6, 6.07) is 9.96. The monoisotopic (exact) mass is 381 g/mol. The Kier molecular flexibility index (Phi) is 5.22. The molecule has 28 heavy (non-hydrogen) atoms. The summed E-state index contributed by atoms with van der Waals surface area (Å²) >= 11 is 0. The van der Waals surface area contributed by atoms with Crippen LogP contribution in [0.25, 0.3) is 0 Å². The van der Waals surface area contributed by atoms with E-state index in [0.29, 0.717) is 30.8 Å². The van der Waals surface area contributed by atoms with Gasteiger partial charge in [-0.15, -0.1) is 0 Å². The second-order valence-corrected chi connectivity index (χ2v) is 7.63. The summed E-state index contributed by atoms with van der Waals surface area (Å²) in [5, 5.41) is 0. The molecule has 6 nitrogen and oxygen atoms in total. The van der Waals surface area contributed by atoms with Crippen molar-refractivity contribution in [2.24, 2.45) is 0 Å². The second kappa shape index (κ2) is 7.80. The van der Waals surface area contributed by atoms with E-state index < -0.39 is 0 Å².